The average molecular weight is 583 g/mol. The Morgan fingerprint density at radius 3 is 2.50 bits per heavy atom. The van der Waals surface area contributed by atoms with E-state index in [9.17, 15) is 14.4 Å². The van der Waals surface area contributed by atoms with E-state index in [0.717, 1.165) is 46.9 Å². The molecule has 0 saturated heterocycles. The summed E-state index contributed by atoms with van der Waals surface area (Å²) in [7, 11) is -1.85. The van der Waals surface area contributed by atoms with Crippen LogP contribution in [0.3, 0.4) is 0 Å². The molecule has 0 bridgehead atoms. The number of anilines is 1. The summed E-state index contributed by atoms with van der Waals surface area (Å²) >= 11 is 1.59. The van der Waals surface area contributed by atoms with E-state index in [1.165, 1.54) is 5.56 Å². The number of carboxylic acids is 1. The molecular formula is C31H42N2O5SSi. The molecule has 1 aliphatic carbocycles. The number of unbranched alkanes of at least 4 members (excludes halogenated alkanes) is 2. The molecule has 1 heterocycles. The molecule has 1 atom stereocenters. The van der Waals surface area contributed by atoms with Crippen molar-refractivity contribution in [3.8, 4) is 11.1 Å². The van der Waals surface area contributed by atoms with Gasteiger partial charge < -0.3 is 20.6 Å². The molecule has 1 unspecified atom stereocenters. The van der Waals surface area contributed by atoms with E-state index in [-0.39, 0.29) is 29.3 Å². The van der Waals surface area contributed by atoms with Gasteiger partial charge in [-0.3, -0.25) is 14.4 Å². The van der Waals surface area contributed by atoms with Gasteiger partial charge in [0.2, 0.25) is 5.91 Å². The van der Waals surface area contributed by atoms with Gasteiger partial charge in [-0.15, -0.1) is 11.8 Å². The minimum atomic E-state index is -1.85. The SMILES string of the molecule is CC(C)(C)[Si](C)(C)OC1C=C(SCCCCCC(=O)O)C(=O)C1.NC(=O)c1cccc2c1-c1ccccc1CN2. The highest BCUT2D eigenvalue weighted by Gasteiger charge is 2.40. The summed E-state index contributed by atoms with van der Waals surface area (Å²) in [6.07, 6.45) is 5.16. The van der Waals surface area contributed by atoms with Crippen LogP contribution in [0.5, 0.6) is 0 Å². The Hall–Kier alpha value is -2.88. The molecule has 9 heteroatoms. The lowest BCUT2D eigenvalue weighted by molar-refractivity contribution is -0.137. The largest absolute Gasteiger partial charge is 0.481 e. The van der Waals surface area contributed by atoms with Gasteiger partial charge in [-0.25, -0.2) is 0 Å². The molecule has 0 saturated carbocycles. The predicted octanol–water partition coefficient (Wildman–Crippen LogP) is 6.99. The van der Waals surface area contributed by atoms with Crippen LogP contribution >= 0.6 is 11.8 Å². The average Bonchev–Trinajstić information content (AvgIpc) is 3.22. The molecule has 0 fully saturated rings. The molecule has 1 amide bonds. The Balaban J connectivity index is 0.000000229. The van der Waals surface area contributed by atoms with Crippen LogP contribution in [0.2, 0.25) is 18.1 Å². The van der Waals surface area contributed by atoms with Crippen molar-refractivity contribution in [2.75, 3.05) is 11.1 Å². The van der Waals surface area contributed by atoms with E-state index in [0.29, 0.717) is 18.4 Å². The number of carbonyl (C=O) groups excluding carboxylic acids is 2. The highest BCUT2D eigenvalue weighted by Crippen LogP contribution is 2.40. The molecule has 4 N–H and O–H groups in total. The highest BCUT2D eigenvalue weighted by atomic mass is 32.2. The second-order valence-corrected chi connectivity index (χ2v) is 17.6. The van der Waals surface area contributed by atoms with Crippen molar-refractivity contribution in [2.45, 2.75) is 83.7 Å². The van der Waals surface area contributed by atoms with Crippen LogP contribution in [0.1, 0.15) is 68.8 Å². The number of thioether (sulfide) groups is 1. The number of hydrogen-bond donors (Lipinski definition) is 3. The van der Waals surface area contributed by atoms with Gasteiger partial charge in [0.05, 0.1) is 6.10 Å². The zero-order valence-electron chi connectivity index (χ0n) is 24.2. The zero-order valence-corrected chi connectivity index (χ0v) is 26.0. The molecule has 0 spiro atoms. The smallest absolute Gasteiger partial charge is 0.303 e. The molecule has 0 radical (unpaired) electrons. The van der Waals surface area contributed by atoms with Gasteiger partial charge in [-0.1, -0.05) is 57.5 Å². The van der Waals surface area contributed by atoms with Crippen LogP contribution in [-0.2, 0) is 20.6 Å². The standard InChI is InChI=1S/C17H30O4SSi.C14H12N2O/c1-17(2,3)23(4,5)21-13-11-14(18)15(12-13)22-10-8-6-7-9-16(19)20;15-14(17)11-6-3-7-12-13(11)10-5-2-1-4-9(10)8-16-12/h12-13H,6-11H2,1-5H3,(H,19,20);1-7,16H,8H2,(H2,15,17). The van der Waals surface area contributed by atoms with E-state index < -0.39 is 14.3 Å². The fourth-order valence-corrected chi connectivity index (χ4v) is 6.73. The van der Waals surface area contributed by atoms with E-state index in [4.69, 9.17) is 15.3 Å². The maximum atomic E-state index is 12.1. The fraction of sp³-hybridized carbons (Fsp3) is 0.452. The number of nitrogens with two attached hydrogens (primary N) is 1. The second kappa shape index (κ2) is 13.7. The van der Waals surface area contributed by atoms with Gasteiger partial charge in [0.15, 0.2) is 14.1 Å². The number of fused-ring (bicyclic) bond motifs is 3. The van der Waals surface area contributed by atoms with Gasteiger partial charge in [0, 0.05) is 41.1 Å². The first-order valence-corrected chi connectivity index (χ1v) is 17.7. The molecule has 4 rings (SSSR count). The zero-order chi connectivity index (χ0) is 29.5. The van der Waals surface area contributed by atoms with Crippen LogP contribution in [0.25, 0.3) is 11.1 Å². The van der Waals surface area contributed by atoms with Crippen molar-refractivity contribution in [1.29, 1.82) is 0 Å². The molecular weight excluding hydrogens is 541 g/mol. The second-order valence-electron chi connectivity index (χ2n) is 11.7. The Morgan fingerprint density at radius 2 is 1.82 bits per heavy atom. The van der Waals surface area contributed by atoms with Crippen LogP contribution in [0.15, 0.2) is 53.4 Å². The molecule has 7 nitrogen and oxygen atoms in total. The maximum absolute atomic E-state index is 12.1. The molecule has 2 aromatic carbocycles. The van der Waals surface area contributed by atoms with Crippen LogP contribution in [0, 0.1) is 0 Å². The number of allylic oxidation sites excluding steroid dienone is 1. The third-order valence-electron chi connectivity index (χ3n) is 7.63. The summed E-state index contributed by atoms with van der Waals surface area (Å²) in [5.41, 5.74) is 10.2. The highest BCUT2D eigenvalue weighted by molar-refractivity contribution is 8.04. The summed E-state index contributed by atoms with van der Waals surface area (Å²) in [5, 5.41) is 12.0. The normalized spacial score (nSPS) is 16.2. The Morgan fingerprint density at radius 1 is 1.10 bits per heavy atom. The van der Waals surface area contributed by atoms with Crippen molar-refractivity contribution in [3.63, 3.8) is 0 Å². The Labute approximate surface area is 243 Å². The molecule has 2 aromatic rings. The number of amides is 1. The molecule has 216 valence electrons. The van der Waals surface area contributed by atoms with Crippen molar-refractivity contribution in [3.05, 3.63) is 64.6 Å². The maximum Gasteiger partial charge on any atom is 0.303 e. The number of benzene rings is 2. The number of primary amides is 1. The first-order valence-electron chi connectivity index (χ1n) is 13.8. The van der Waals surface area contributed by atoms with E-state index >= 15 is 0 Å². The lowest BCUT2D eigenvalue weighted by atomic mass is 9.91. The molecule has 1 aliphatic heterocycles. The molecule has 40 heavy (non-hydrogen) atoms. The van der Waals surface area contributed by atoms with Gasteiger partial charge in [0.1, 0.15) is 0 Å². The summed E-state index contributed by atoms with van der Waals surface area (Å²) in [4.78, 5) is 34.8. The summed E-state index contributed by atoms with van der Waals surface area (Å²) in [6.45, 7) is 11.8. The van der Waals surface area contributed by atoms with Crippen molar-refractivity contribution in [1.82, 2.24) is 0 Å². The predicted molar refractivity (Wildman–Crippen MR) is 166 cm³/mol. The van der Waals surface area contributed by atoms with Crippen molar-refractivity contribution >= 4 is 43.4 Å². The first-order chi connectivity index (χ1) is 18.8. The topological polar surface area (TPSA) is 119 Å². The lowest BCUT2D eigenvalue weighted by Gasteiger charge is -2.37. The summed E-state index contributed by atoms with van der Waals surface area (Å²) in [6, 6.07) is 13.6. The number of ketones is 1. The monoisotopic (exact) mass is 582 g/mol. The lowest BCUT2D eigenvalue weighted by Crippen LogP contribution is -2.43. The van der Waals surface area contributed by atoms with E-state index in [2.05, 4.69) is 45.2 Å². The molecule has 2 aliphatic rings. The van der Waals surface area contributed by atoms with E-state index in [1.807, 2.05) is 36.4 Å². The third kappa shape index (κ3) is 8.31. The minimum absolute atomic E-state index is 0.0714. The first kappa shape index (κ1) is 31.6. The minimum Gasteiger partial charge on any atom is -0.481 e. The van der Waals surface area contributed by atoms with Gasteiger partial charge in [0.25, 0.3) is 0 Å². The fourth-order valence-electron chi connectivity index (χ4n) is 4.40. The quantitative estimate of drug-likeness (QED) is 0.204. The van der Waals surface area contributed by atoms with E-state index in [1.54, 1.807) is 17.8 Å². The summed E-state index contributed by atoms with van der Waals surface area (Å²) < 4.78 is 6.30. The third-order valence-corrected chi connectivity index (χ3v) is 13.3. The van der Waals surface area contributed by atoms with Crippen LogP contribution < -0.4 is 11.1 Å². The number of carboxylic acid groups (broad SMARTS) is 1. The number of rotatable bonds is 10. The Bertz CT molecular complexity index is 1270. The Kier molecular flexibility index (Phi) is 10.8. The number of aliphatic carboxylic acids is 1. The molecule has 0 aromatic heterocycles. The van der Waals surface area contributed by atoms with Gasteiger partial charge in [-0.2, -0.15) is 0 Å². The number of carbonyl (C=O) groups is 3. The van der Waals surface area contributed by atoms with Gasteiger partial charge >= 0.3 is 5.97 Å². The number of nitrogens with one attached hydrogen (secondary N) is 1. The van der Waals surface area contributed by atoms with Crippen LogP contribution in [0.4, 0.5) is 5.69 Å². The van der Waals surface area contributed by atoms with Crippen molar-refractivity contribution < 1.29 is 23.9 Å². The van der Waals surface area contributed by atoms with Gasteiger partial charge in [-0.05, 0) is 66.1 Å². The number of hydrogen-bond acceptors (Lipinski definition) is 6. The summed E-state index contributed by atoms with van der Waals surface area (Å²) in [5.74, 6) is -0.0779. The number of Topliss-reactive ketones (excluding diaryl/α,β-unsaturated/α-hetero) is 1. The van der Waals surface area contributed by atoms with Crippen LogP contribution in [-0.4, -0.2) is 42.9 Å². The van der Waals surface area contributed by atoms with Crippen molar-refractivity contribution in [2.24, 2.45) is 5.73 Å².